The van der Waals surface area contributed by atoms with Crippen molar-refractivity contribution in [2.45, 2.75) is 19.9 Å². The second-order valence-corrected chi connectivity index (χ2v) is 2.74. The molecule has 0 aromatic carbocycles. The van der Waals surface area contributed by atoms with Crippen LogP contribution < -0.4 is 5.32 Å². The maximum Gasteiger partial charge on any atom is 0.328 e. The van der Waals surface area contributed by atoms with Crippen molar-refractivity contribution < 1.29 is 9.53 Å². The van der Waals surface area contributed by atoms with E-state index in [0.29, 0.717) is 12.6 Å². The molecule has 0 spiro atoms. The molecule has 1 atom stereocenters. The Labute approximate surface area is 81.4 Å². The van der Waals surface area contributed by atoms with Crippen LogP contribution in [0.5, 0.6) is 0 Å². The molecular formula is C7H13N5O2. The first-order chi connectivity index (χ1) is 6.65. The molecule has 78 valence electrons. The summed E-state index contributed by atoms with van der Waals surface area (Å²) in [5, 5.41) is 13.6. The highest BCUT2D eigenvalue weighted by molar-refractivity contribution is 5.78. The van der Waals surface area contributed by atoms with E-state index in [1.54, 1.807) is 20.9 Å². The summed E-state index contributed by atoms with van der Waals surface area (Å²) in [4.78, 5) is 11.2. The van der Waals surface area contributed by atoms with Gasteiger partial charge in [0.05, 0.1) is 6.61 Å². The van der Waals surface area contributed by atoms with E-state index >= 15 is 0 Å². The fraction of sp³-hybridized carbons (Fsp3) is 0.714. The van der Waals surface area contributed by atoms with Gasteiger partial charge < -0.3 is 10.1 Å². The molecule has 0 amide bonds. The summed E-state index contributed by atoms with van der Waals surface area (Å²) in [6, 6.07) is -0.459. The van der Waals surface area contributed by atoms with Crippen LogP contribution >= 0.6 is 0 Å². The first-order valence-corrected chi connectivity index (χ1v) is 4.30. The SMILES string of the molecule is CCOC(=O)C(C)Nc1nnnn1C. The Kier molecular flexibility index (Phi) is 3.38. The predicted octanol–water partition coefficient (Wildman–Crippen LogP) is -0.426. The Balaban J connectivity index is 2.52. The van der Waals surface area contributed by atoms with Gasteiger partial charge in [-0.25, -0.2) is 9.48 Å². The average molecular weight is 199 g/mol. The van der Waals surface area contributed by atoms with E-state index in [1.807, 2.05) is 0 Å². The van der Waals surface area contributed by atoms with Crippen molar-refractivity contribution in [3.63, 3.8) is 0 Å². The highest BCUT2D eigenvalue weighted by atomic mass is 16.5. The minimum absolute atomic E-state index is 0.324. The van der Waals surface area contributed by atoms with Crippen molar-refractivity contribution in [2.75, 3.05) is 11.9 Å². The predicted molar refractivity (Wildman–Crippen MR) is 48.5 cm³/mol. The third kappa shape index (κ3) is 2.41. The van der Waals surface area contributed by atoms with Gasteiger partial charge in [0.1, 0.15) is 6.04 Å². The Morgan fingerprint density at radius 3 is 2.93 bits per heavy atom. The lowest BCUT2D eigenvalue weighted by molar-refractivity contribution is -0.143. The maximum absolute atomic E-state index is 11.2. The van der Waals surface area contributed by atoms with Crippen LogP contribution in [0.4, 0.5) is 5.95 Å². The van der Waals surface area contributed by atoms with Gasteiger partial charge in [0.2, 0.25) is 5.95 Å². The van der Waals surface area contributed by atoms with Crippen LogP contribution in [0.25, 0.3) is 0 Å². The molecule has 1 unspecified atom stereocenters. The average Bonchev–Trinajstić information content (AvgIpc) is 2.52. The summed E-state index contributed by atoms with van der Waals surface area (Å²) in [5.41, 5.74) is 0. The van der Waals surface area contributed by atoms with Gasteiger partial charge in [-0.05, 0) is 24.3 Å². The van der Waals surface area contributed by atoms with E-state index in [1.165, 1.54) is 4.68 Å². The number of hydrogen-bond donors (Lipinski definition) is 1. The fourth-order valence-electron chi connectivity index (χ4n) is 0.872. The van der Waals surface area contributed by atoms with E-state index in [2.05, 4.69) is 20.8 Å². The molecule has 7 nitrogen and oxygen atoms in total. The molecule has 1 heterocycles. The highest BCUT2D eigenvalue weighted by Gasteiger charge is 2.15. The van der Waals surface area contributed by atoms with Crippen LogP contribution in [0.1, 0.15) is 13.8 Å². The Morgan fingerprint density at radius 2 is 2.43 bits per heavy atom. The Hall–Kier alpha value is -1.66. The minimum Gasteiger partial charge on any atom is -0.464 e. The molecule has 0 aliphatic heterocycles. The topological polar surface area (TPSA) is 81.9 Å². The lowest BCUT2D eigenvalue weighted by atomic mass is 10.3. The molecule has 0 fully saturated rings. The number of carbonyl (C=O) groups is 1. The summed E-state index contributed by atoms with van der Waals surface area (Å²) in [5.74, 6) is 0.112. The zero-order valence-electron chi connectivity index (χ0n) is 8.39. The fourth-order valence-corrected chi connectivity index (χ4v) is 0.872. The second kappa shape index (κ2) is 4.54. The van der Waals surface area contributed by atoms with E-state index < -0.39 is 6.04 Å². The Morgan fingerprint density at radius 1 is 1.71 bits per heavy atom. The minimum atomic E-state index is -0.459. The second-order valence-electron chi connectivity index (χ2n) is 2.74. The molecule has 0 bridgehead atoms. The van der Waals surface area contributed by atoms with E-state index in [0.717, 1.165) is 0 Å². The number of hydrogen-bond acceptors (Lipinski definition) is 6. The van der Waals surface area contributed by atoms with Crippen molar-refractivity contribution >= 4 is 11.9 Å². The summed E-state index contributed by atoms with van der Waals surface area (Å²) >= 11 is 0. The molecule has 1 N–H and O–H groups in total. The molecule has 1 aromatic heterocycles. The van der Waals surface area contributed by atoms with Gasteiger partial charge in [0, 0.05) is 7.05 Å². The van der Waals surface area contributed by atoms with Crippen LogP contribution in [0, 0.1) is 0 Å². The van der Waals surface area contributed by atoms with Gasteiger partial charge in [-0.15, -0.1) is 0 Å². The van der Waals surface area contributed by atoms with Gasteiger partial charge in [-0.1, -0.05) is 5.10 Å². The molecule has 14 heavy (non-hydrogen) atoms. The van der Waals surface area contributed by atoms with Crippen molar-refractivity contribution in [1.82, 2.24) is 20.2 Å². The molecule has 0 aliphatic rings. The van der Waals surface area contributed by atoms with Crippen molar-refractivity contribution in [2.24, 2.45) is 7.05 Å². The van der Waals surface area contributed by atoms with Crippen molar-refractivity contribution in [3.05, 3.63) is 0 Å². The number of ether oxygens (including phenoxy) is 1. The normalized spacial score (nSPS) is 12.2. The lowest BCUT2D eigenvalue weighted by Gasteiger charge is -2.11. The van der Waals surface area contributed by atoms with Crippen LogP contribution in [0.3, 0.4) is 0 Å². The number of nitrogens with one attached hydrogen (secondary N) is 1. The number of aromatic nitrogens is 4. The summed E-state index contributed by atoms with van der Waals surface area (Å²) < 4.78 is 6.25. The smallest absolute Gasteiger partial charge is 0.328 e. The van der Waals surface area contributed by atoms with E-state index in [4.69, 9.17) is 4.74 Å². The molecule has 0 radical (unpaired) electrons. The van der Waals surface area contributed by atoms with Crippen molar-refractivity contribution in [1.29, 1.82) is 0 Å². The van der Waals surface area contributed by atoms with Crippen LogP contribution in [-0.2, 0) is 16.6 Å². The number of esters is 1. The number of anilines is 1. The van der Waals surface area contributed by atoms with Crippen molar-refractivity contribution in [3.8, 4) is 0 Å². The van der Waals surface area contributed by atoms with Gasteiger partial charge in [-0.3, -0.25) is 0 Å². The van der Waals surface area contributed by atoms with Crippen LogP contribution in [-0.4, -0.2) is 38.8 Å². The molecule has 7 heteroatoms. The zero-order chi connectivity index (χ0) is 10.6. The maximum atomic E-state index is 11.2. The molecular weight excluding hydrogens is 186 g/mol. The summed E-state index contributed by atoms with van der Waals surface area (Å²) in [6.07, 6.45) is 0. The van der Waals surface area contributed by atoms with Crippen LogP contribution in [0.15, 0.2) is 0 Å². The van der Waals surface area contributed by atoms with Gasteiger partial charge in [-0.2, -0.15) is 0 Å². The van der Waals surface area contributed by atoms with Crippen LogP contribution in [0.2, 0.25) is 0 Å². The lowest BCUT2D eigenvalue weighted by Crippen LogP contribution is -2.29. The highest BCUT2D eigenvalue weighted by Crippen LogP contribution is 2.00. The number of aryl methyl sites for hydroxylation is 1. The summed E-state index contributed by atoms with van der Waals surface area (Å²) in [7, 11) is 1.68. The van der Waals surface area contributed by atoms with E-state index in [-0.39, 0.29) is 5.97 Å². The van der Waals surface area contributed by atoms with Gasteiger partial charge >= 0.3 is 5.97 Å². The quantitative estimate of drug-likeness (QED) is 0.663. The van der Waals surface area contributed by atoms with Gasteiger partial charge in [0.25, 0.3) is 0 Å². The van der Waals surface area contributed by atoms with Gasteiger partial charge in [0.15, 0.2) is 0 Å². The molecule has 0 saturated carbocycles. The molecule has 1 aromatic rings. The number of carbonyl (C=O) groups excluding carboxylic acids is 1. The largest absolute Gasteiger partial charge is 0.464 e. The number of rotatable bonds is 4. The first-order valence-electron chi connectivity index (χ1n) is 4.30. The Bertz CT molecular complexity index is 311. The standard InChI is InChI=1S/C7H13N5O2/c1-4-14-6(13)5(2)8-7-9-10-11-12(7)3/h5H,4H2,1-3H3,(H,8,9,11). The number of nitrogens with zero attached hydrogens (tertiary/aromatic N) is 4. The monoisotopic (exact) mass is 199 g/mol. The third-order valence-electron chi connectivity index (χ3n) is 1.61. The number of tetrazole rings is 1. The first kappa shape index (κ1) is 10.4. The molecule has 0 saturated heterocycles. The third-order valence-corrected chi connectivity index (χ3v) is 1.61. The molecule has 0 aliphatic carbocycles. The summed E-state index contributed by atoms with van der Waals surface area (Å²) in [6.45, 7) is 3.81. The zero-order valence-corrected chi connectivity index (χ0v) is 8.39. The van der Waals surface area contributed by atoms with E-state index in [9.17, 15) is 4.79 Å². The molecule has 1 rings (SSSR count).